The molecule has 1 fully saturated rings. The third kappa shape index (κ3) is 3.59. The zero-order valence-corrected chi connectivity index (χ0v) is 15.5. The number of benzene rings is 1. The topological polar surface area (TPSA) is 65.6 Å². The van der Waals surface area contributed by atoms with Crippen LogP contribution < -0.4 is 4.74 Å². The van der Waals surface area contributed by atoms with Gasteiger partial charge in [0.05, 0.1) is 18.2 Å². The van der Waals surface area contributed by atoms with Gasteiger partial charge in [0.1, 0.15) is 5.75 Å². The van der Waals surface area contributed by atoms with Gasteiger partial charge < -0.3 is 19.5 Å². The van der Waals surface area contributed by atoms with Gasteiger partial charge in [0.2, 0.25) is 0 Å². The first-order valence-corrected chi connectivity index (χ1v) is 8.90. The Labute approximate surface area is 153 Å². The molecule has 1 aromatic carbocycles. The first-order chi connectivity index (χ1) is 12.5. The van der Waals surface area contributed by atoms with Gasteiger partial charge in [-0.15, -0.1) is 0 Å². The van der Waals surface area contributed by atoms with E-state index in [1.54, 1.807) is 35.4 Å². The van der Waals surface area contributed by atoms with E-state index in [1.165, 1.54) is 0 Å². The molecule has 138 valence electrons. The van der Waals surface area contributed by atoms with Crippen LogP contribution in [0.4, 0.5) is 0 Å². The third-order valence-corrected chi connectivity index (χ3v) is 4.82. The maximum Gasteiger partial charge on any atom is 0.257 e. The summed E-state index contributed by atoms with van der Waals surface area (Å²) >= 11 is 0. The highest BCUT2D eigenvalue weighted by Gasteiger charge is 2.27. The van der Waals surface area contributed by atoms with Crippen LogP contribution in [0.3, 0.4) is 0 Å². The van der Waals surface area contributed by atoms with Crippen LogP contribution in [-0.2, 0) is 0 Å². The number of nitrogens with zero attached hydrogens (tertiary/aromatic N) is 2. The number of carbonyl (C=O) groups excluding carboxylic acids is 2. The van der Waals surface area contributed by atoms with Crippen LogP contribution in [0.2, 0.25) is 0 Å². The maximum absolute atomic E-state index is 13.0. The van der Waals surface area contributed by atoms with Crippen LogP contribution in [0.25, 0.3) is 0 Å². The lowest BCUT2D eigenvalue weighted by Gasteiger charge is -2.35. The second kappa shape index (κ2) is 7.64. The Morgan fingerprint density at radius 3 is 2.23 bits per heavy atom. The molecule has 1 saturated heterocycles. The summed E-state index contributed by atoms with van der Waals surface area (Å²) in [6.07, 6.45) is 3.43. The Morgan fingerprint density at radius 2 is 1.69 bits per heavy atom. The van der Waals surface area contributed by atoms with Crippen molar-refractivity contribution in [1.82, 2.24) is 14.8 Å². The van der Waals surface area contributed by atoms with E-state index in [9.17, 15) is 9.59 Å². The van der Waals surface area contributed by atoms with Crippen molar-refractivity contribution in [3.8, 4) is 5.75 Å². The molecule has 0 saturated carbocycles. The molecular formula is C20H25N3O3. The number of aromatic nitrogens is 1. The molecule has 2 aromatic rings. The Bertz CT molecular complexity index is 776. The van der Waals surface area contributed by atoms with Gasteiger partial charge in [-0.1, -0.05) is 19.9 Å². The number of nitrogens with one attached hydrogen (secondary N) is 1. The summed E-state index contributed by atoms with van der Waals surface area (Å²) in [7, 11) is 1.58. The number of aromatic amines is 1. The number of ether oxygens (including phenoxy) is 1. The summed E-state index contributed by atoms with van der Waals surface area (Å²) in [6.45, 7) is 6.29. The van der Waals surface area contributed by atoms with E-state index in [0.717, 1.165) is 5.56 Å². The zero-order valence-electron chi connectivity index (χ0n) is 15.5. The SMILES string of the molecule is COc1ccc(C(C)C)cc1C(=O)N1CCN(C(=O)c2cc[nH]c2)CC1. The van der Waals surface area contributed by atoms with Crippen molar-refractivity contribution in [3.63, 3.8) is 0 Å². The second-order valence-corrected chi connectivity index (χ2v) is 6.80. The van der Waals surface area contributed by atoms with Crippen LogP contribution in [-0.4, -0.2) is 59.9 Å². The van der Waals surface area contributed by atoms with Gasteiger partial charge in [-0.25, -0.2) is 0 Å². The molecule has 0 aliphatic carbocycles. The zero-order chi connectivity index (χ0) is 18.7. The van der Waals surface area contributed by atoms with E-state index >= 15 is 0 Å². The number of piperazine rings is 1. The summed E-state index contributed by atoms with van der Waals surface area (Å²) in [5.74, 6) is 0.879. The van der Waals surface area contributed by atoms with Crippen molar-refractivity contribution >= 4 is 11.8 Å². The van der Waals surface area contributed by atoms with E-state index in [-0.39, 0.29) is 11.8 Å². The van der Waals surface area contributed by atoms with E-state index in [1.807, 2.05) is 18.2 Å². The van der Waals surface area contributed by atoms with Gasteiger partial charge in [-0.3, -0.25) is 9.59 Å². The van der Waals surface area contributed by atoms with Crippen molar-refractivity contribution in [3.05, 3.63) is 53.3 Å². The fourth-order valence-electron chi connectivity index (χ4n) is 3.17. The molecule has 0 spiro atoms. The fraction of sp³-hybridized carbons (Fsp3) is 0.400. The molecule has 0 radical (unpaired) electrons. The van der Waals surface area contributed by atoms with Crippen LogP contribution in [0.15, 0.2) is 36.7 Å². The summed E-state index contributed by atoms with van der Waals surface area (Å²) in [5.41, 5.74) is 2.34. The minimum atomic E-state index is -0.0434. The molecule has 6 heteroatoms. The lowest BCUT2D eigenvalue weighted by atomic mass is 9.99. The number of rotatable bonds is 4. The molecule has 0 bridgehead atoms. The van der Waals surface area contributed by atoms with Crippen LogP contribution in [0, 0.1) is 0 Å². The van der Waals surface area contributed by atoms with Gasteiger partial charge in [-0.05, 0) is 29.7 Å². The molecule has 0 unspecified atom stereocenters. The number of H-pyrrole nitrogens is 1. The Morgan fingerprint density at radius 1 is 1.04 bits per heavy atom. The highest BCUT2D eigenvalue weighted by Crippen LogP contribution is 2.26. The van der Waals surface area contributed by atoms with Crippen molar-refractivity contribution in [2.45, 2.75) is 19.8 Å². The van der Waals surface area contributed by atoms with E-state index in [4.69, 9.17) is 4.74 Å². The highest BCUT2D eigenvalue weighted by atomic mass is 16.5. The van der Waals surface area contributed by atoms with Crippen molar-refractivity contribution in [2.75, 3.05) is 33.3 Å². The molecule has 0 atom stereocenters. The molecular weight excluding hydrogens is 330 g/mol. The average Bonchev–Trinajstić information content (AvgIpc) is 3.21. The fourth-order valence-corrected chi connectivity index (χ4v) is 3.17. The molecule has 2 amide bonds. The predicted octanol–water partition coefficient (Wildman–Crippen LogP) is 2.74. The van der Waals surface area contributed by atoms with Crippen molar-refractivity contribution < 1.29 is 14.3 Å². The smallest absolute Gasteiger partial charge is 0.257 e. The summed E-state index contributed by atoms with van der Waals surface area (Å²) in [4.78, 5) is 31.9. The van der Waals surface area contributed by atoms with Gasteiger partial charge in [0.25, 0.3) is 11.8 Å². The Hall–Kier alpha value is -2.76. The third-order valence-electron chi connectivity index (χ3n) is 4.82. The van der Waals surface area contributed by atoms with Crippen LogP contribution in [0.1, 0.15) is 46.0 Å². The van der Waals surface area contributed by atoms with Gasteiger partial charge in [-0.2, -0.15) is 0 Å². The highest BCUT2D eigenvalue weighted by molar-refractivity contribution is 5.98. The molecule has 1 aliphatic heterocycles. The van der Waals surface area contributed by atoms with Crippen molar-refractivity contribution in [1.29, 1.82) is 0 Å². The summed E-state index contributed by atoms with van der Waals surface area (Å²) in [5, 5.41) is 0. The first-order valence-electron chi connectivity index (χ1n) is 8.90. The quantitative estimate of drug-likeness (QED) is 0.917. The van der Waals surface area contributed by atoms with Crippen LogP contribution in [0.5, 0.6) is 5.75 Å². The number of amides is 2. The number of hydrogen-bond donors (Lipinski definition) is 1. The second-order valence-electron chi connectivity index (χ2n) is 6.80. The Balaban J connectivity index is 1.70. The number of carbonyl (C=O) groups is 2. The number of methoxy groups -OCH3 is 1. The molecule has 6 nitrogen and oxygen atoms in total. The predicted molar refractivity (Wildman–Crippen MR) is 99.7 cm³/mol. The number of hydrogen-bond acceptors (Lipinski definition) is 3. The molecule has 1 aromatic heterocycles. The lowest BCUT2D eigenvalue weighted by molar-refractivity contribution is 0.0533. The van der Waals surface area contributed by atoms with Gasteiger partial charge in [0.15, 0.2) is 0 Å². The van der Waals surface area contributed by atoms with E-state index in [0.29, 0.717) is 49.0 Å². The average molecular weight is 355 g/mol. The van der Waals surface area contributed by atoms with Gasteiger partial charge >= 0.3 is 0 Å². The minimum Gasteiger partial charge on any atom is -0.496 e. The monoisotopic (exact) mass is 355 g/mol. The molecule has 1 aliphatic rings. The summed E-state index contributed by atoms with van der Waals surface area (Å²) in [6, 6.07) is 7.54. The minimum absolute atomic E-state index is 0.00210. The maximum atomic E-state index is 13.0. The largest absolute Gasteiger partial charge is 0.496 e. The first kappa shape index (κ1) is 18.0. The van der Waals surface area contributed by atoms with E-state index < -0.39 is 0 Å². The summed E-state index contributed by atoms with van der Waals surface area (Å²) < 4.78 is 5.38. The van der Waals surface area contributed by atoms with E-state index in [2.05, 4.69) is 18.8 Å². The molecule has 2 heterocycles. The van der Waals surface area contributed by atoms with Gasteiger partial charge in [0, 0.05) is 38.6 Å². The Kier molecular flexibility index (Phi) is 5.30. The molecule has 26 heavy (non-hydrogen) atoms. The van der Waals surface area contributed by atoms with Crippen molar-refractivity contribution in [2.24, 2.45) is 0 Å². The van der Waals surface area contributed by atoms with Crippen LogP contribution >= 0.6 is 0 Å². The molecule has 1 N–H and O–H groups in total. The molecule has 3 rings (SSSR count). The normalized spacial score (nSPS) is 14.6. The lowest BCUT2D eigenvalue weighted by Crippen LogP contribution is -2.50. The standard InChI is InChI=1S/C20H25N3O3/c1-14(2)15-4-5-18(26-3)17(12-15)20(25)23-10-8-22(9-11-23)19(24)16-6-7-21-13-16/h4-7,12-14,21H,8-11H2,1-3H3.